The van der Waals surface area contributed by atoms with Crippen LogP contribution in [0.15, 0.2) is 30.5 Å². The molecule has 0 bridgehead atoms. The highest BCUT2D eigenvalue weighted by Crippen LogP contribution is 2.19. The zero-order valence-corrected chi connectivity index (χ0v) is 9.57. The molecule has 4 N–H and O–H groups in total. The van der Waals surface area contributed by atoms with Crippen molar-refractivity contribution in [3.63, 3.8) is 0 Å². The van der Waals surface area contributed by atoms with Crippen molar-refractivity contribution in [2.45, 2.75) is 0 Å². The summed E-state index contributed by atoms with van der Waals surface area (Å²) in [4.78, 5) is 7.79. The van der Waals surface area contributed by atoms with Crippen LogP contribution in [0.2, 0.25) is 5.28 Å². The molecule has 1 aromatic heterocycles. The topological polar surface area (TPSA) is 87.7 Å². The van der Waals surface area contributed by atoms with E-state index in [9.17, 15) is 0 Å². The third-order valence-corrected chi connectivity index (χ3v) is 2.32. The van der Waals surface area contributed by atoms with Gasteiger partial charge in [-0.2, -0.15) is 0 Å². The van der Waals surface area contributed by atoms with Crippen LogP contribution in [0.4, 0.5) is 17.2 Å². The molecule has 5 nitrogen and oxygen atoms in total. The summed E-state index contributed by atoms with van der Waals surface area (Å²) >= 11 is 5.68. The average molecular weight is 248 g/mol. The van der Waals surface area contributed by atoms with Gasteiger partial charge < -0.3 is 16.5 Å². The Morgan fingerprint density at radius 3 is 2.88 bits per heavy atom. The summed E-state index contributed by atoms with van der Waals surface area (Å²) in [6.07, 6.45) is 2.76. The molecule has 2 aromatic rings. The highest BCUT2D eigenvalue weighted by molar-refractivity contribution is 6.28. The largest absolute Gasteiger partial charge is 0.398 e. The molecule has 6 heteroatoms. The maximum atomic E-state index is 7.22. The molecular formula is C11H10ClN5. The Labute approximate surface area is 103 Å². The maximum Gasteiger partial charge on any atom is 0.224 e. The van der Waals surface area contributed by atoms with Gasteiger partial charge in [-0.15, -0.1) is 0 Å². The number of aromatic nitrogens is 2. The molecule has 17 heavy (non-hydrogen) atoms. The SMILES string of the molecule is N=Cc1cc(Nc2ccnc(Cl)n2)ccc1N. The van der Waals surface area contributed by atoms with Gasteiger partial charge in [0.1, 0.15) is 5.82 Å². The number of nitrogens with two attached hydrogens (primary N) is 1. The molecular weight excluding hydrogens is 238 g/mol. The van der Waals surface area contributed by atoms with Crippen LogP contribution in [0, 0.1) is 5.41 Å². The summed E-state index contributed by atoms with van der Waals surface area (Å²) < 4.78 is 0. The minimum absolute atomic E-state index is 0.178. The summed E-state index contributed by atoms with van der Waals surface area (Å²) in [5, 5.41) is 10.4. The normalized spacial score (nSPS) is 9.94. The number of benzene rings is 1. The van der Waals surface area contributed by atoms with Crippen molar-refractivity contribution in [2.75, 3.05) is 11.1 Å². The lowest BCUT2D eigenvalue weighted by atomic mass is 10.2. The van der Waals surface area contributed by atoms with E-state index in [1.807, 2.05) is 0 Å². The minimum atomic E-state index is 0.178. The standard InChI is InChI=1S/C11H10ClN5/c12-11-15-4-3-10(17-11)16-8-1-2-9(14)7(5-8)6-13/h1-6,13H,14H2,(H,15,16,17). The van der Waals surface area contributed by atoms with Gasteiger partial charge in [0.2, 0.25) is 5.28 Å². The zero-order chi connectivity index (χ0) is 12.3. The van der Waals surface area contributed by atoms with E-state index in [0.29, 0.717) is 17.1 Å². The number of anilines is 3. The van der Waals surface area contributed by atoms with E-state index in [4.69, 9.17) is 22.7 Å². The molecule has 0 spiro atoms. The van der Waals surface area contributed by atoms with Gasteiger partial charge in [0, 0.05) is 29.3 Å². The van der Waals surface area contributed by atoms with Gasteiger partial charge in [-0.25, -0.2) is 9.97 Å². The first-order valence-corrected chi connectivity index (χ1v) is 5.22. The Morgan fingerprint density at radius 2 is 2.18 bits per heavy atom. The van der Waals surface area contributed by atoms with Crippen LogP contribution in [0.3, 0.4) is 0 Å². The van der Waals surface area contributed by atoms with Gasteiger partial charge in [0.05, 0.1) is 0 Å². The van der Waals surface area contributed by atoms with E-state index in [-0.39, 0.29) is 5.28 Å². The van der Waals surface area contributed by atoms with E-state index < -0.39 is 0 Å². The first kappa shape index (κ1) is 11.3. The van der Waals surface area contributed by atoms with Gasteiger partial charge >= 0.3 is 0 Å². The third-order valence-electron chi connectivity index (χ3n) is 2.14. The molecule has 0 aliphatic rings. The lowest BCUT2D eigenvalue weighted by molar-refractivity contribution is 1.17. The van der Waals surface area contributed by atoms with Crippen LogP contribution in [0.25, 0.3) is 0 Å². The second-order valence-corrected chi connectivity index (χ2v) is 3.66. The number of hydrogen-bond donors (Lipinski definition) is 3. The molecule has 2 rings (SSSR count). The molecule has 0 aliphatic heterocycles. The number of hydrogen-bond acceptors (Lipinski definition) is 5. The lowest BCUT2D eigenvalue weighted by Gasteiger charge is -2.07. The Kier molecular flexibility index (Phi) is 3.20. The van der Waals surface area contributed by atoms with Gasteiger partial charge in [-0.05, 0) is 35.9 Å². The Bertz CT molecular complexity index is 555. The summed E-state index contributed by atoms with van der Waals surface area (Å²) in [7, 11) is 0. The molecule has 0 amide bonds. The molecule has 0 unspecified atom stereocenters. The number of nitrogen functional groups attached to an aromatic ring is 1. The fraction of sp³-hybridized carbons (Fsp3) is 0. The van der Waals surface area contributed by atoms with Crippen LogP contribution in [-0.4, -0.2) is 16.2 Å². The average Bonchev–Trinajstić information content (AvgIpc) is 2.32. The lowest BCUT2D eigenvalue weighted by Crippen LogP contribution is -1.98. The van der Waals surface area contributed by atoms with Crippen molar-refractivity contribution in [2.24, 2.45) is 0 Å². The zero-order valence-electron chi connectivity index (χ0n) is 8.81. The molecule has 86 valence electrons. The van der Waals surface area contributed by atoms with Crippen molar-refractivity contribution in [3.8, 4) is 0 Å². The molecule has 0 saturated carbocycles. The number of rotatable bonds is 3. The smallest absolute Gasteiger partial charge is 0.224 e. The molecule has 0 saturated heterocycles. The van der Waals surface area contributed by atoms with Gasteiger partial charge in [-0.1, -0.05) is 0 Å². The summed E-state index contributed by atoms with van der Waals surface area (Å²) in [6, 6.07) is 6.99. The first-order valence-electron chi connectivity index (χ1n) is 4.84. The molecule has 0 fully saturated rings. The van der Waals surface area contributed by atoms with E-state index >= 15 is 0 Å². The molecule has 1 aromatic carbocycles. The highest BCUT2D eigenvalue weighted by atomic mass is 35.5. The summed E-state index contributed by atoms with van der Waals surface area (Å²) in [5.41, 5.74) is 7.69. The maximum absolute atomic E-state index is 7.22. The molecule has 1 heterocycles. The minimum Gasteiger partial charge on any atom is -0.398 e. The Balaban J connectivity index is 2.27. The van der Waals surface area contributed by atoms with E-state index in [1.165, 1.54) is 6.21 Å². The van der Waals surface area contributed by atoms with Crippen molar-refractivity contribution < 1.29 is 0 Å². The van der Waals surface area contributed by atoms with Crippen LogP contribution < -0.4 is 11.1 Å². The Morgan fingerprint density at radius 1 is 1.35 bits per heavy atom. The van der Waals surface area contributed by atoms with E-state index in [1.54, 1.807) is 30.5 Å². The molecule has 0 aliphatic carbocycles. The van der Waals surface area contributed by atoms with Crippen molar-refractivity contribution in [3.05, 3.63) is 41.3 Å². The third kappa shape index (κ3) is 2.70. The highest BCUT2D eigenvalue weighted by Gasteiger charge is 2.01. The van der Waals surface area contributed by atoms with E-state index in [2.05, 4.69) is 15.3 Å². The number of nitrogens with zero attached hydrogens (tertiary/aromatic N) is 2. The number of halogens is 1. The monoisotopic (exact) mass is 247 g/mol. The van der Waals surface area contributed by atoms with Crippen LogP contribution >= 0.6 is 11.6 Å². The molecule has 0 atom stereocenters. The predicted octanol–water partition coefficient (Wildman–Crippen LogP) is 2.45. The van der Waals surface area contributed by atoms with Gasteiger partial charge in [0.25, 0.3) is 0 Å². The number of nitrogens with one attached hydrogen (secondary N) is 2. The van der Waals surface area contributed by atoms with Crippen LogP contribution in [0.5, 0.6) is 0 Å². The molecule has 0 radical (unpaired) electrons. The summed E-state index contributed by atoms with van der Waals surface area (Å²) in [6.45, 7) is 0. The first-order chi connectivity index (χ1) is 8.19. The second-order valence-electron chi connectivity index (χ2n) is 3.32. The van der Waals surface area contributed by atoms with Gasteiger partial charge in [-0.3, -0.25) is 0 Å². The van der Waals surface area contributed by atoms with Crippen LogP contribution in [-0.2, 0) is 0 Å². The van der Waals surface area contributed by atoms with E-state index in [0.717, 1.165) is 5.69 Å². The Hall–Kier alpha value is -2.14. The second kappa shape index (κ2) is 4.80. The fourth-order valence-corrected chi connectivity index (χ4v) is 1.48. The summed E-state index contributed by atoms with van der Waals surface area (Å²) in [5.74, 6) is 0.589. The quantitative estimate of drug-likeness (QED) is 0.442. The predicted molar refractivity (Wildman–Crippen MR) is 69.1 cm³/mol. The van der Waals surface area contributed by atoms with Gasteiger partial charge in [0.15, 0.2) is 0 Å². The van der Waals surface area contributed by atoms with Crippen molar-refractivity contribution in [1.82, 2.24) is 9.97 Å². The fourth-order valence-electron chi connectivity index (χ4n) is 1.33. The van der Waals surface area contributed by atoms with Crippen molar-refractivity contribution >= 4 is 35.0 Å². The van der Waals surface area contributed by atoms with Crippen LogP contribution in [0.1, 0.15) is 5.56 Å². The van der Waals surface area contributed by atoms with Crippen molar-refractivity contribution in [1.29, 1.82) is 5.41 Å².